The highest BCUT2D eigenvalue weighted by atomic mass is 16.8. The van der Waals surface area contributed by atoms with Crippen molar-refractivity contribution in [3.8, 4) is 5.75 Å². The van der Waals surface area contributed by atoms with E-state index in [0.717, 1.165) is 10.8 Å². The zero-order chi connectivity index (χ0) is 17.1. The summed E-state index contributed by atoms with van der Waals surface area (Å²) in [6.07, 6.45) is 2.95. The molecule has 3 rings (SSSR count). The van der Waals surface area contributed by atoms with Crippen LogP contribution in [0.15, 0.2) is 66.7 Å². The van der Waals surface area contributed by atoms with Crippen LogP contribution in [0.2, 0.25) is 0 Å². The molecule has 0 spiro atoms. The van der Waals surface area contributed by atoms with Crippen molar-refractivity contribution >= 4 is 28.3 Å². The molecule has 5 heteroatoms. The fourth-order valence-electron chi connectivity index (χ4n) is 2.49. The Hall–Kier alpha value is -2.99. The Balaban J connectivity index is 1.90. The van der Waals surface area contributed by atoms with Gasteiger partial charge in [0.05, 0.1) is 0 Å². The third-order valence-corrected chi connectivity index (χ3v) is 3.77. The number of hydrogen-bond acceptors (Lipinski definition) is 4. The van der Waals surface area contributed by atoms with Crippen LogP contribution in [0.5, 0.6) is 5.75 Å². The Kier molecular flexibility index (Phi) is 4.39. The lowest BCUT2D eigenvalue weighted by molar-refractivity contribution is -0.991. The molecule has 0 saturated heterocycles. The maximum Gasteiger partial charge on any atom is 0.185 e. The van der Waals surface area contributed by atoms with Gasteiger partial charge in [0.1, 0.15) is 5.75 Å². The number of carbonyl (C=O) groups is 1. The van der Waals surface area contributed by atoms with Crippen molar-refractivity contribution in [1.82, 2.24) is 0 Å². The van der Waals surface area contributed by atoms with Gasteiger partial charge in [-0.2, -0.15) is 5.23 Å². The molecular weight excluding hydrogens is 306 g/mol. The number of allylic oxidation sites excluding steroid dienone is 1. The van der Waals surface area contributed by atoms with Crippen molar-refractivity contribution in [2.75, 3.05) is 0 Å². The number of nitrogens with one attached hydrogen (secondary N) is 1. The predicted molar refractivity (Wildman–Crippen MR) is 91.2 cm³/mol. The van der Waals surface area contributed by atoms with Crippen LogP contribution in [0.3, 0.4) is 0 Å². The zero-order valence-corrected chi connectivity index (χ0v) is 12.6. The number of fused-ring (bicyclic) bond motifs is 1. The second-order valence-corrected chi connectivity index (χ2v) is 5.30. The quantitative estimate of drug-likeness (QED) is 0.392. The Bertz CT molecular complexity index is 914. The number of benzene rings is 3. The zero-order valence-electron chi connectivity index (χ0n) is 12.6. The number of phenols is 1. The van der Waals surface area contributed by atoms with Gasteiger partial charge in [0, 0.05) is 23.3 Å². The van der Waals surface area contributed by atoms with Crippen molar-refractivity contribution in [1.29, 1.82) is 0 Å². The van der Waals surface area contributed by atoms with Crippen molar-refractivity contribution in [2.45, 2.75) is 0 Å². The minimum absolute atomic E-state index is 0.0963. The average Bonchev–Trinajstić information content (AvgIpc) is 2.60. The summed E-state index contributed by atoms with van der Waals surface area (Å²) in [6.45, 7) is 0. The van der Waals surface area contributed by atoms with Crippen molar-refractivity contribution in [3.05, 3.63) is 83.1 Å². The molecule has 0 fully saturated rings. The van der Waals surface area contributed by atoms with Crippen molar-refractivity contribution in [2.24, 2.45) is 0 Å². The minimum Gasteiger partial charge on any atom is -0.595 e. The summed E-state index contributed by atoms with van der Waals surface area (Å²) in [5.74, 6) is -0.168. The first-order chi connectivity index (χ1) is 11.6. The molecule has 120 valence electrons. The second-order valence-electron chi connectivity index (χ2n) is 5.30. The summed E-state index contributed by atoms with van der Waals surface area (Å²) in [6, 6.07) is 16.7. The van der Waals surface area contributed by atoms with E-state index in [1.807, 2.05) is 30.3 Å². The van der Waals surface area contributed by atoms with E-state index in [9.17, 15) is 15.1 Å². The van der Waals surface area contributed by atoms with Gasteiger partial charge in [0.2, 0.25) is 0 Å². The first-order valence-corrected chi connectivity index (χ1v) is 7.33. The molecule has 0 heterocycles. The highest BCUT2D eigenvalue weighted by Crippen LogP contribution is 2.28. The van der Waals surface area contributed by atoms with Crippen LogP contribution in [0, 0.1) is 5.21 Å². The largest absolute Gasteiger partial charge is 0.595 e. The first-order valence-electron chi connectivity index (χ1n) is 7.33. The number of carbonyl (C=O) groups excluding carboxylic acids is 1. The highest BCUT2D eigenvalue weighted by molar-refractivity contribution is 6.08. The van der Waals surface area contributed by atoms with Crippen LogP contribution < -0.4 is 5.23 Å². The van der Waals surface area contributed by atoms with E-state index in [-0.39, 0.29) is 17.2 Å². The lowest BCUT2D eigenvalue weighted by Crippen LogP contribution is -2.99. The van der Waals surface area contributed by atoms with Crippen LogP contribution in [0.1, 0.15) is 15.9 Å². The van der Waals surface area contributed by atoms with Crippen LogP contribution in [0.25, 0.3) is 16.8 Å². The van der Waals surface area contributed by atoms with Gasteiger partial charge in [0.15, 0.2) is 11.5 Å². The standard InChI is InChI=1S/C19H15NO4/c21-18(14-5-8-15(9-6-14)20(23)24)12-10-17-16-4-2-1-3-13(16)7-11-19(17)22/h1-12,20,22-23H/b12-10+. The molecule has 0 aliphatic heterocycles. The van der Waals surface area contributed by atoms with Gasteiger partial charge in [-0.3, -0.25) is 4.79 Å². The third kappa shape index (κ3) is 3.18. The number of phenolic OH excluding ortho intramolecular Hbond substituents is 1. The van der Waals surface area contributed by atoms with E-state index >= 15 is 0 Å². The van der Waals surface area contributed by atoms with Gasteiger partial charge in [-0.05, 0) is 41.1 Å². The summed E-state index contributed by atoms with van der Waals surface area (Å²) in [5, 5.41) is 30.5. The van der Waals surface area contributed by atoms with Crippen LogP contribution in [-0.2, 0) is 0 Å². The van der Waals surface area contributed by atoms with Crippen molar-refractivity contribution in [3.63, 3.8) is 0 Å². The lowest BCUT2D eigenvalue weighted by atomic mass is 10.0. The monoisotopic (exact) mass is 321 g/mol. The molecule has 0 aliphatic rings. The molecule has 3 aromatic rings. The van der Waals surface area contributed by atoms with Gasteiger partial charge >= 0.3 is 0 Å². The highest BCUT2D eigenvalue weighted by Gasteiger charge is 2.07. The van der Waals surface area contributed by atoms with E-state index in [0.29, 0.717) is 11.1 Å². The number of aromatic hydroxyl groups is 1. The minimum atomic E-state index is -1.04. The molecule has 0 amide bonds. The molecule has 5 nitrogen and oxygen atoms in total. The number of hydrogen-bond donors (Lipinski definition) is 3. The number of rotatable bonds is 4. The van der Waals surface area contributed by atoms with Crippen LogP contribution >= 0.6 is 0 Å². The van der Waals surface area contributed by atoms with E-state index in [4.69, 9.17) is 5.21 Å². The molecule has 0 aromatic heterocycles. The fraction of sp³-hybridized carbons (Fsp3) is 0. The molecule has 1 atom stereocenters. The average molecular weight is 321 g/mol. The molecule has 0 radical (unpaired) electrons. The van der Waals surface area contributed by atoms with Gasteiger partial charge < -0.3 is 10.3 Å². The maximum absolute atomic E-state index is 12.2. The Labute approximate surface area is 138 Å². The number of quaternary nitrogens is 1. The first kappa shape index (κ1) is 15.9. The Morgan fingerprint density at radius 3 is 2.42 bits per heavy atom. The summed E-state index contributed by atoms with van der Waals surface area (Å²) in [5.41, 5.74) is 1.09. The SMILES string of the molecule is O=C(/C=C/c1c(O)ccc2ccccc12)c1ccc([NH+]([O-])O)cc1. The molecule has 0 bridgehead atoms. The van der Waals surface area contributed by atoms with Gasteiger partial charge in [-0.25, -0.2) is 5.21 Å². The molecule has 3 aromatic carbocycles. The molecule has 0 aliphatic carbocycles. The number of ketones is 1. The summed E-state index contributed by atoms with van der Waals surface area (Å²) in [7, 11) is 0. The van der Waals surface area contributed by atoms with E-state index in [1.165, 1.54) is 30.3 Å². The molecular formula is C19H15NO4. The molecule has 1 unspecified atom stereocenters. The predicted octanol–water partition coefficient (Wildman–Crippen LogP) is 2.84. The molecule has 0 saturated carbocycles. The Morgan fingerprint density at radius 1 is 1.00 bits per heavy atom. The summed E-state index contributed by atoms with van der Waals surface area (Å²) < 4.78 is 0. The van der Waals surface area contributed by atoms with Gasteiger partial charge in [-0.15, -0.1) is 0 Å². The fourth-order valence-corrected chi connectivity index (χ4v) is 2.49. The van der Waals surface area contributed by atoms with E-state index in [1.54, 1.807) is 12.1 Å². The Morgan fingerprint density at radius 2 is 1.71 bits per heavy atom. The molecule has 3 N–H and O–H groups in total. The molecule has 24 heavy (non-hydrogen) atoms. The lowest BCUT2D eigenvalue weighted by Gasteiger charge is -2.11. The smallest absolute Gasteiger partial charge is 0.185 e. The van der Waals surface area contributed by atoms with Gasteiger partial charge in [0.25, 0.3) is 0 Å². The topological polar surface area (TPSA) is 85.0 Å². The third-order valence-electron chi connectivity index (χ3n) is 3.77. The van der Waals surface area contributed by atoms with E-state index < -0.39 is 5.23 Å². The van der Waals surface area contributed by atoms with Gasteiger partial charge in [-0.1, -0.05) is 30.3 Å². The van der Waals surface area contributed by atoms with E-state index in [2.05, 4.69) is 0 Å². The van der Waals surface area contributed by atoms with Crippen molar-refractivity contribution < 1.29 is 20.3 Å². The summed E-state index contributed by atoms with van der Waals surface area (Å²) >= 11 is 0. The maximum atomic E-state index is 12.2. The normalized spacial score (nSPS) is 12.6. The van der Waals surface area contributed by atoms with Crippen LogP contribution in [-0.4, -0.2) is 16.1 Å². The van der Waals surface area contributed by atoms with Crippen LogP contribution in [0.4, 0.5) is 5.69 Å². The second kappa shape index (κ2) is 6.64. The summed E-state index contributed by atoms with van der Waals surface area (Å²) in [4.78, 5) is 12.2.